The topological polar surface area (TPSA) is 0 Å². The molecule has 0 aliphatic rings. The van der Waals surface area contributed by atoms with Crippen LogP contribution in [0.5, 0.6) is 0 Å². The Morgan fingerprint density at radius 3 is 2.00 bits per heavy atom. The van der Waals surface area contributed by atoms with Crippen LogP contribution in [0.1, 0.15) is 0 Å². The van der Waals surface area contributed by atoms with Crippen molar-refractivity contribution in [2.75, 3.05) is 0 Å². The second-order valence-electron chi connectivity index (χ2n) is 1.09. The fourth-order valence-corrected chi connectivity index (χ4v) is 0. The van der Waals surface area contributed by atoms with E-state index in [4.69, 9.17) is 0 Å². The van der Waals surface area contributed by atoms with Crippen LogP contribution >= 0.6 is 0 Å². The van der Waals surface area contributed by atoms with E-state index in [1.165, 1.54) is 8.80 Å². The number of hydrogen-bond acceptors (Lipinski definition) is 0. The molecular weight excluding hydrogens is 248 g/mol. The van der Waals surface area contributed by atoms with Crippen LogP contribution in [0.4, 0.5) is 0 Å². The standard InChI is InChI=1S/CH3.Al.H3Si.Ta/h1H3;;1H3;. The summed E-state index contributed by atoms with van der Waals surface area (Å²) in [6.07, 6.45) is 0. The first-order chi connectivity index (χ1) is 1.73. The molecule has 0 N–H and O–H groups in total. The summed E-state index contributed by atoms with van der Waals surface area (Å²) in [6.45, 7) is 0. The molecular formula is CH6AlSiTa. The molecule has 0 atom stereocenters. The number of hydrogen-bond donors (Lipinski definition) is 0. The maximum absolute atomic E-state index is 2.42. The van der Waals surface area contributed by atoms with Gasteiger partial charge in [0.15, 0.2) is 0 Å². The molecule has 0 rings (SSSR count). The van der Waals surface area contributed by atoms with Gasteiger partial charge in [-0.25, -0.2) is 0 Å². The first-order valence-electron chi connectivity index (χ1n) is 1.41. The van der Waals surface area contributed by atoms with Crippen molar-refractivity contribution in [1.29, 1.82) is 0 Å². The Kier molecular flexibility index (Phi) is 3.72. The molecule has 0 aromatic heterocycles. The van der Waals surface area contributed by atoms with Crippen LogP contribution in [0.2, 0.25) is 5.79 Å². The molecule has 22 valence electrons. The molecule has 0 saturated heterocycles. The zero-order chi connectivity index (χ0) is 3.58. The summed E-state index contributed by atoms with van der Waals surface area (Å²) >= 11 is 1.71. The number of rotatable bonds is 0. The van der Waals surface area contributed by atoms with E-state index >= 15 is 0 Å². The van der Waals surface area contributed by atoms with Crippen molar-refractivity contribution in [3.05, 3.63) is 0 Å². The van der Waals surface area contributed by atoms with Gasteiger partial charge in [0, 0.05) is 0 Å². The molecule has 0 aliphatic carbocycles. The van der Waals surface area contributed by atoms with Gasteiger partial charge in [0.25, 0.3) is 0 Å². The van der Waals surface area contributed by atoms with Crippen LogP contribution in [0.3, 0.4) is 0 Å². The van der Waals surface area contributed by atoms with Gasteiger partial charge in [0.1, 0.15) is 0 Å². The van der Waals surface area contributed by atoms with Gasteiger partial charge in [-0.3, -0.25) is 0 Å². The molecule has 0 nitrogen and oxygen atoms in total. The minimum atomic E-state index is 0.111. The first-order valence-corrected chi connectivity index (χ1v) is 13.3. The van der Waals surface area contributed by atoms with Crippen LogP contribution in [0, 0.1) is 0 Å². The van der Waals surface area contributed by atoms with Crippen LogP contribution in [0.15, 0.2) is 0 Å². The van der Waals surface area contributed by atoms with Crippen molar-refractivity contribution >= 4 is 19.4 Å². The van der Waals surface area contributed by atoms with Crippen LogP contribution in [-0.2, 0) is 18.8 Å². The molecule has 4 heavy (non-hydrogen) atoms. The Bertz CT molecular complexity index is 12.8. The summed E-state index contributed by atoms with van der Waals surface area (Å²) in [6, 6.07) is 0. The Morgan fingerprint density at radius 1 is 2.00 bits per heavy atom. The fraction of sp³-hybridized carbons (Fsp3) is 1.00. The van der Waals surface area contributed by atoms with E-state index in [2.05, 4.69) is 5.79 Å². The second kappa shape index (κ2) is 2.71. The predicted octanol–water partition coefficient (Wildman–Crippen LogP) is -0.983. The Balaban J connectivity index is 2.32. The van der Waals surface area contributed by atoms with Crippen molar-refractivity contribution in [1.82, 2.24) is 0 Å². The molecule has 0 amide bonds. The van der Waals surface area contributed by atoms with E-state index < -0.39 is 0 Å². The molecule has 0 heterocycles. The molecule has 0 spiro atoms. The summed E-state index contributed by atoms with van der Waals surface area (Å²) in [5, 5.41) is 0. The zero-order valence-corrected chi connectivity index (χ0v) is 9.39. The molecule has 0 saturated carbocycles. The Labute approximate surface area is 43.9 Å². The van der Waals surface area contributed by atoms with Gasteiger partial charge in [0.2, 0.25) is 0 Å². The van der Waals surface area contributed by atoms with Crippen molar-refractivity contribution < 1.29 is 18.8 Å². The fourth-order valence-electron chi connectivity index (χ4n) is 0. The maximum atomic E-state index is 2.42. The molecule has 0 bridgehead atoms. The van der Waals surface area contributed by atoms with E-state index in [1.54, 1.807) is 18.8 Å². The van der Waals surface area contributed by atoms with Gasteiger partial charge >= 0.3 is 44.0 Å². The zero-order valence-electron chi connectivity index (χ0n) is 3.02. The van der Waals surface area contributed by atoms with Crippen LogP contribution in [0.25, 0.3) is 0 Å². The van der Waals surface area contributed by atoms with Crippen molar-refractivity contribution in [2.45, 2.75) is 5.79 Å². The first kappa shape index (κ1) is 5.49. The van der Waals surface area contributed by atoms with E-state index in [9.17, 15) is 0 Å². The predicted molar refractivity (Wildman–Crippen MR) is 21.6 cm³/mol. The molecule has 0 aliphatic heterocycles. The van der Waals surface area contributed by atoms with Gasteiger partial charge < -0.3 is 0 Å². The van der Waals surface area contributed by atoms with E-state index in [-0.39, 0.29) is 10.6 Å². The van der Waals surface area contributed by atoms with Gasteiger partial charge in [-0.1, -0.05) is 0 Å². The summed E-state index contributed by atoms with van der Waals surface area (Å²) in [4.78, 5) is 0. The molecule has 0 unspecified atom stereocenters. The van der Waals surface area contributed by atoms with E-state index in [1.807, 2.05) is 0 Å². The molecule has 0 aromatic rings. The summed E-state index contributed by atoms with van der Waals surface area (Å²) in [7, 11) is 1.65. The molecule has 0 aromatic carbocycles. The third-order valence-electron chi connectivity index (χ3n) is 0. The van der Waals surface area contributed by atoms with Gasteiger partial charge in [0.05, 0.1) is 0 Å². The Morgan fingerprint density at radius 2 is 2.00 bits per heavy atom. The summed E-state index contributed by atoms with van der Waals surface area (Å²) in [5.74, 6) is 2.42. The van der Waals surface area contributed by atoms with Crippen molar-refractivity contribution in [2.24, 2.45) is 0 Å². The monoisotopic (exact) mass is 254 g/mol. The van der Waals surface area contributed by atoms with E-state index in [0.29, 0.717) is 0 Å². The van der Waals surface area contributed by atoms with Crippen LogP contribution < -0.4 is 0 Å². The van der Waals surface area contributed by atoms with E-state index in [0.717, 1.165) is 0 Å². The average Bonchev–Trinajstić information content (AvgIpc) is 0.811. The van der Waals surface area contributed by atoms with Crippen LogP contribution in [-0.4, -0.2) is 19.4 Å². The van der Waals surface area contributed by atoms with Gasteiger partial charge in [-0.15, -0.1) is 0 Å². The van der Waals surface area contributed by atoms with Crippen molar-refractivity contribution in [3.63, 3.8) is 0 Å². The van der Waals surface area contributed by atoms with Gasteiger partial charge in [-0.2, -0.15) is 0 Å². The minimum absolute atomic E-state index is 0.111. The molecule has 0 radical (unpaired) electrons. The molecule has 3 heteroatoms. The summed E-state index contributed by atoms with van der Waals surface area (Å²) < 4.78 is 0. The third-order valence-corrected chi connectivity index (χ3v) is 0. The van der Waals surface area contributed by atoms with Crippen molar-refractivity contribution in [3.8, 4) is 0 Å². The van der Waals surface area contributed by atoms with Gasteiger partial charge in [-0.05, 0) is 0 Å². The molecule has 0 fully saturated rings. The second-order valence-corrected chi connectivity index (χ2v) is 30.6. The quantitative estimate of drug-likeness (QED) is 0.487. The SMILES string of the molecule is [CH3][Al]([SiH3])[Ta]. The third kappa shape index (κ3) is 9.75. The normalized spacial score (nSPS) is 7.25. The average molecular weight is 254 g/mol. The summed E-state index contributed by atoms with van der Waals surface area (Å²) in [5.41, 5.74) is 0. The Hall–Kier alpha value is 1.49.